The van der Waals surface area contributed by atoms with Gasteiger partial charge in [0.15, 0.2) is 0 Å². The molecule has 0 aliphatic carbocycles. The number of carboxylic acid groups (broad SMARTS) is 1. The van der Waals surface area contributed by atoms with Crippen LogP contribution in [0.1, 0.15) is 44.7 Å². The summed E-state index contributed by atoms with van der Waals surface area (Å²) in [5.74, 6) is -1.34. The normalized spacial score (nSPS) is 12.5. The van der Waals surface area contributed by atoms with Crippen molar-refractivity contribution < 1.29 is 19.5 Å². The smallest absolute Gasteiger partial charge is 0.335 e. The number of nitrogens with one attached hydrogen (secondary N) is 1. The molecule has 0 bridgehead atoms. The lowest BCUT2D eigenvalue weighted by Crippen LogP contribution is -2.28. The van der Waals surface area contributed by atoms with Gasteiger partial charge in [-0.2, -0.15) is 0 Å². The molecule has 0 unspecified atom stereocenters. The Morgan fingerprint density at radius 2 is 1.62 bits per heavy atom. The van der Waals surface area contributed by atoms with Crippen LogP contribution in [0.2, 0.25) is 0 Å². The molecule has 2 amide bonds. The summed E-state index contributed by atoms with van der Waals surface area (Å²) in [4.78, 5) is 37.1. The molecule has 6 nitrogen and oxygen atoms in total. The van der Waals surface area contributed by atoms with E-state index in [1.165, 1.54) is 29.3 Å². The number of hydrogen-bond acceptors (Lipinski definition) is 3. The van der Waals surface area contributed by atoms with Crippen LogP contribution in [0.25, 0.3) is 0 Å². The zero-order valence-electron chi connectivity index (χ0n) is 14.3. The van der Waals surface area contributed by atoms with Gasteiger partial charge in [-0.05, 0) is 35.7 Å². The Hall–Kier alpha value is -3.15. The second kappa shape index (κ2) is 7.82. The minimum absolute atomic E-state index is 0.0708. The highest BCUT2D eigenvalue weighted by Gasteiger charge is 2.22. The monoisotopic (exact) mass is 352 g/mol. The van der Waals surface area contributed by atoms with Crippen LogP contribution in [-0.4, -0.2) is 34.3 Å². The molecule has 1 aliphatic rings. The Labute approximate surface area is 151 Å². The summed E-state index contributed by atoms with van der Waals surface area (Å²) >= 11 is 0. The first-order valence-corrected chi connectivity index (χ1v) is 8.50. The fourth-order valence-electron chi connectivity index (χ4n) is 3.00. The lowest BCUT2D eigenvalue weighted by atomic mass is 10.1. The third kappa shape index (κ3) is 4.08. The Kier molecular flexibility index (Phi) is 5.31. The topological polar surface area (TPSA) is 86.7 Å². The van der Waals surface area contributed by atoms with Crippen LogP contribution in [0.5, 0.6) is 0 Å². The average molecular weight is 352 g/mol. The molecule has 0 fully saturated rings. The number of hydrogen-bond donors (Lipinski definition) is 2. The standard InChI is InChI=1S/C20H20N2O4/c23-18(22-12-16-5-1-2-6-17(16)13-22)9-4-10-21-19(24)14-7-3-8-15(11-14)20(25)26/h1-3,5-8,11H,4,9-10,12-13H2,(H,21,24)(H,25,26). The molecule has 0 saturated heterocycles. The van der Waals surface area contributed by atoms with Crippen molar-refractivity contribution in [3.63, 3.8) is 0 Å². The van der Waals surface area contributed by atoms with Crippen LogP contribution in [-0.2, 0) is 17.9 Å². The molecule has 6 heteroatoms. The molecule has 2 aromatic carbocycles. The van der Waals surface area contributed by atoms with Gasteiger partial charge >= 0.3 is 5.97 Å². The van der Waals surface area contributed by atoms with Crippen molar-refractivity contribution in [2.45, 2.75) is 25.9 Å². The lowest BCUT2D eigenvalue weighted by Gasteiger charge is -2.15. The van der Waals surface area contributed by atoms with Crippen molar-refractivity contribution in [2.24, 2.45) is 0 Å². The highest BCUT2D eigenvalue weighted by Crippen LogP contribution is 2.22. The van der Waals surface area contributed by atoms with E-state index in [2.05, 4.69) is 5.32 Å². The van der Waals surface area contributed by atoms with Gasteiger partial charge in [-0.3, -0.25) is 9.59 Å². The molecular weight excluding hydrogens is 332 g/mol. The van der Waals surface area contributed by atoms with Crippen molar-refractivity contribution >= 4 is 17.8 Å². The zero-order chi connectivity index (χ0) is 18.5. The fourth-order valence-corrected chi connectivity index (χ4v) is 3.00. The number of nitrogens with zero attached hydrogens (tertiary/aromatic N) is 1. The minimum Gasteiger partial charge on any atom is -0.478 e. The van der Waals surface area contributed by atoms with E-state index in [1.54, 1.807) is 6.07 Å². The molecule has 2 aromatic rings. The summed E-state index contributed by atoms with van der Waals surface area (Å²) in [6.07, 6.45) is 0.902. The van der Waals surface area contributed by atoms with Crippen LogP contribution in [0.4, 0.5) is 0 Å². The molecule has 2 N–H and O–H groups in total. The second-order valence-electron chi connectivity index (χ2n) is 6.26. The average Bonchev–Trinajstić information content (AvgIpc) is 3.09. The molecule has 26 heavy (non-hydrogen) atoms. The van der Waals surface area contributed by atoms with E-state index in [9.17, 15) is 14.4 Å². The summed E-state index contributed by atoms with van der Waals surface area (Å²) in [6, 6.07) is 13.9. The lowest BCUT2D eigenvalue weighted by molar-refractivity contribution is -0.131. The molecule has 3 rings (SSSR count). The number of amides is 2. The summed E-state index contributed by atoms with van der Waals surface area (Å²) in [5.41, 5.74) is 2.74. The van der Waals surface area contributed by atoms with Crippen molar-refractivity contribution in [1.29, 1.82) is 0 Å². The zero-order valence-corrected chi connectivity index (χ0v) is 14.3. The second-order valence-corrected chi connectivity index (χ2v) is 6.26. The van der Waals surface area contributed by atoms with Crippen LogP contribution in [0, 0.1) is 0 Å². The summed E-state index contributed by atoms with van der Waals surface area (Å²) in [6.45, 7) is 1.65. The molecular formula is C20H20N2O4. The molecule has 134 valence electrons. The number of benzene rings is 2. The van der Waals surface area contributed by atoms with Crippen molar-refractivity contribution in [2.75, 3.05) is 6.54 Å². The SMILES string of the molecule is O=C(O)c1cccc(C(=O)NCCCC(=O)N2Cc3ccccc3C2)c1. The number of carbonyl (C=O) groups is 3. The molecule has 1 heterocycles. The van der Waals surface area contributed by atoms with Gasteiger partial charge in [0.1, 0.15) is 0 Å². The maximum Gasteiger partial charge on any atom is 0.335 e. The maximum atomic E-state index is 12.3. The molecule has 0 spiro atoms. The summed E-state index contributed by atoms with van der Waals surface area (Å²) < 4.78 is 0. The number of carbonyl (C=O) groups excluding carboxylic acids is 2. The third-order valence-electron chi connectivity index (χ3n) is 4.42. The minimum atomic E-state index is -1.07. The fraction of sp³-hybridized carbons (Fsp3) is 0.250. The summed E-state index contributed by atoms with van der Waals surface area (Å²) in [7, 11) is 0. The Morgan fingerprint density at radius 1 is 0.962 bits per heavy atom. The van der Waals surface area contributed by atoms with Crippen molar-refractivity contribution in [3.05, 3.63) is 70.8 Å². The van der Waals surface area contributed by atoms with Crippen LogP contribution < -0.4 is 5.32 Å². The van der Waals surface area contributed by atoms with Gasteiger partial charge in [0.25, 0.3) is 5.91 Å². The first kappa shape index (κ1) is 17.7. The van der Waals surface area contributed by atoms with E-state index in [4.69, 9.17) is 5.11 Å². The first-order valence-electron chi connectivity index (χ1n) is 8.50. The first-order chi connectivity index (χ1) is 12.5. The third-order valence-corrected chi connectivity index (χ3v) is 4.42. The van der Waals surface area contributed by atoms with Gasteiger partial charge < -0.3 is 15.3 Å². The number of aromatic carboxylic acids is 1. The maximum absolute atomic E-state index is 12.3. The Morgan fingerprint density at radius 3 is 2.27 bits per heavy atom. The van der Waals surface area contributed by atoms with Gasteiger partial charge in [0.2, 0.25) is 5.91 Å². The predicted octanol–water partition coefficient (Wildman–Crippen LogP) is 2.44. The Bertz CT molecular complexity index is 822. The van der Waals surface area contributed by atoms with Gasteiger partial charge in [-0.25, -0.2) is 4.79 Å². The highest BCUT2D eigenvalue weighted by molar-refractivity contribution is 5.97. The van der Waals surface area contributed by atoms with E-state index in [-0.39, 0.29) is 17.4 Å². The number of fused-ring (bicyclic) bond motifs is 1. The van der Waals surface area contributed by atoms with Gasteiger partial charge in [-0.15, -0.1) is 0 Å². The van der Waals surface area contributed by atoms with Gasteiger partial charge in [0, 0.05) is 31.6 Å². The van der Waals surface area contributed by atoms with E-state index in [1.807, 2.05) is 29.2 Å². The quantitative estimate of drug-likeness (QED) is 0.782. The van der Waals surface area contributed by atoms with E-state index in [0.29, 0.717) is 38.0 Å². The number of rotatable bonds is 6. The molecule has 0 radical (unpaired) electrons. The van der Waals surface area contributed by atoms with Gasteiger partial charge in [-0.1, -0.05) is 30.3 Å². The van der Waals surface area contributed by atoms with Crippen molar-refractivity contribution in [1.82, 2.24) is 10.2 Å². The van der Waals surface area contributed by atoms with Crippen LogP contribution in [0.3, 0.4) is 0 Å². The van der Waals surface area contributed by atoms with Crippen LogP contribution in [0.15, 0.2) is 48.5 Å². The van der Waals surface area contributed by atoms with E-state index >= 15 is 0 Å². The van der Waals surface area contributed by atoms with Crippen molar-refractivity contribution in [3.8, 4) is 0 Å². The van der Waals surface area contributed by atoms with Gasteiger partial charge in [0.05, 0.1) is 5.56 Å². The molecule has 0 saturated carbocycles. The molecule has 1 aliphatic heterocycles. The number of carboxylic acids is 1. The Balaban J connectivity index is 1.43. The molecule has 0 aromatic heterocycles. The highest BCUT2D eigenvalue weighted by atomic mass is 16.4. The summed E-state index contributed by atoms with van der Waals surface area (Å²) in [5, 5.41) is 11.7. The largest absolute Gasteiger partial charge is 0.478 e. The van der Waals surface area contributed by atoms with Crippen LogP contribution >= 0.6 is 0 Å². The molecule has 0 atom stereocenters. The predicted molar refractivity (Wildman–Crippen MR) is 95.7 cm³/mol. The van der Waals surface area contributed by atoms with E-state index < -0.39 is 5.97 Å². The van der Waals surface area contributed by atoms with E-state index in [0.717, 1.165) is 0 Å².